The molecule has 0 atom stereocenters. The van der Waals surface area contributed by atoms with Gasteiger partial charge in [0.15, 0.2) is 0 Å². The topological polar surface area (TPSA) is 50.9 Å². The van der Waals surface area contributed by atoms with Gasteiger partial charge in [0.25, 0.3) is 0 Å². The minimum absolute atomic E-state index is 0.0685. The number of aromatic hydroxyl groups is 1. The normalized spacial score (nSPS) is 13.0. The van der Waals surface area contributed by atoms with E-state index >= 15 is 0 Å². The van der Waals surface area contributed by atoms with Crippen LogP contribution in [0.5, 0.6) is 5.75 Å². The van der Waals surface area contributed by atoms with Crippen molar-refractivity contribution in [1.29, 1.82) is 0 Å². The standard InChI is InChI=1S/C53H51N3O/c1-33-18-23-47(44(27-33)37-14-11-10-12-15-37)56-48-17-13-16-43(49(48)55-51(56)45-28-34(2)26-35(3)50(45)57)39-29-40(31-42(30-39)53(7,8)9)46-32-38(24-25-54-46)36-19-21-41(22-20-36)52(4,5)6/h10-32,57H,1-9H3/i1D3. The lowest BCUT2D eigenvalue weighted by Crippen LogP contribution is -2.11. The van der Waals surface area contributed by atoms with Crippen molar-refractivity contribution in [2.24, 2.45) is 0 Å². The summed E-state index contributed by atoms with van der Waals surface area (Å²) < 4.78 is 26.9. The molecular weight excluding hydrogens is 695 g/mol. The van der Waals surface area contributed by atoms with E-state index in [9.17, 15) is 5.11 Å². The number of hydrogen-bond donors (Lipinski definition) is 1. The number of phenolic OH excluding ortho intramolecular Hbond substituents is 1. The van der Waals surface area contributed by atoms with E-state index in [1.54, 1.807) is 12.1 Å². The van der Waals surface area contributed by atoms with Gasteiger partial charge < -0.3 is 5.11 Å². The number of nitrogens with zero attached hydrogens (tertiary/aromatic N) is 3. The van der Waals surface area contributed by atoms with Crippen LogP contribution in [0.2, 0.25) is 0 Å². The maximum absolute atomic E-state index is 11.7. The second kappa shape index (κ2) is 14.4. The van der Waals surface area contributed by atoms with Crippen LogP contribution in [0.25, 0.3) is 72.7 Å². The van der Waals surface area contributed by atoms with E-state index in [0.29, 0.717) is 11.4 Å². The van der Waals surface area contributed by atoms with Gasteiger partial charge in [-0.15, -0.1) is 0 Å². The lowest BCUT2D eigenvalue weighted by atomic mass is 9.83. The van der Waals surface area contributed by atoms with Gasteiger partial charge >= 0.3 is 0 Å². The summed E-state index contributed by atoms with van der Waals surface area (Å²) in [4.78, 5) is 10.3. The second-order valence-electron chi connectivity index (χ2n) is 17.3. The highest BCUT2D eigenvalue weighted by atomic mass is 16.3. The molecule has 8 aromatic rings. The van der Waals surface area contributed by atoms with Crippen molar-refractivity contribution in [3.05, 3.63) is 167 Å². The average molecular weight is 749 g/mol. The third kappa shape index (κ3) is 7.29. The van der Waals surface area contributed by atoms with Crippen LogP contribution in [0, 0.1) is 20.7 Å². The number of rotatable bonds is 6. The largest absolute Gasteiger partial charge is 0.507 e. The quantitative estimate of drug-likeness (QED) is 0.184. The first-order chi connectivity index (χ1) is 28.4. The molecule has 6 aromatic carbocycles. The van der Waals surface area contributed by atoms with Crippen LogP contribution in [0.1, 0.15) is 73.5 Å². The van der Waals surface area contributed by atoms with E-state index in [2.05, 4.69) is 107 Å². The van der Waals surface area contributed by atoms with Crippen LogP contribution in [0.15, 0.2) is 140 Å². The molecule has 0 fully saturated rings. The lowest BCUT2D eigenvalue weighted by molar-refractivity contribution is 0.472. The van der Waals surface area contributed by atoms with E-state index < -0.39 is 6.85 Å². The van der Waals surface area contributed by atoms with Crippen LogP contribution >= 0.6 is 0 Å². The minimum atomic E-state index is -2.30. The van der Waals surface area contributed by atoms with Gasteiger partial charge in [0.2, 0.25) is 0 Å². The zero-order chi connectivity index (χ0) is 42.7. The van der Waals surface area contributed by atoms with Crippen molar-refractivity contribution < 1.29 is 9.22 Å². The number of aromatic nitrogens is 3. The first-order valence-corrected chi connectivity index (χ1v) is 19.6. The molecular formula is C53H51N3O. The number of benzene rings is 6. The molecule has 0 bridgehead atoms. The molecule has 0 saturated heterocycles. The Labute approximate surface area is 341 Å². The maximum Gasteiger partial charge on any atom is 0.149 e. The predicted octanol–water partition coefficient (Wildman–Crippen LogP) is 14.0. The summed E-state index contributed by atoms with van der Waals surface area (Å²) in [5.41, 5.74) is 14.9. The molecule has 0 unspecified atom stereocenters. The lowest BCUT2D eigenvalue weighted by Gasteiger charge is -2.22. The Bertz CT molecular complexity index is 2890. The molecule has 0 aliphatic heterocycles. The Morgan fingerprint density at radius 1 is 0.561 bits per heavy atom. The molecule has 0 saturated carbocycles. The van der Waals surface area contributed by atoms with Crippen molar-refractivity contribution in [3.63, 3.8) is 0 Å². The van der Waals surface area contributed by atoms with E-state index in [0.717, 1.165) is 78.0 Å². The van der Waals surface area contributed by atoms with Crippen molar-refractivity contribution >= 4 is 11.0 Å². The molecule has 0 radical (unpaired) electrons. The Morgan fingerprint density at radius 3 is 2.00 bits per heavy atom. The van der Waals surface area contributed by atoms with Gasteiger partial charge in [-0.3, -0.25) is 9.55 Å². The molecule has 0 aliphatic carbocycles. The molecule has 1 N–H and O–H groups in total. The third-order valence-electron chi connectivity index (χ3n) is 10.9. The van der Waals surface area contributed by atoms with Gasteiger partial charge in [0.05, 0.1) is 28.0 Å². The van der Waals surface area contributed by atoms with Crippen molar-refractivity contribution in [3.8, 4) is 67.5 Å². The van der Waals surface area contributed by atoms with E-state index in [1.807, 2.05) is 80.7 Å². The molecule has 284 valence electrons. The smallest absolute Gasteiger partial charge is 0.149 e. The highest BCUT2D eigenvalue weighted by molar-refractivity contribution is 5.98. The summed E-state index contributed by atoms with van der Waals surface area (Å²) >= 11 is 0. The zero-order valence-corrected chi connectivity index (χ0v) is 34.1. The van der Waals surface area contributed by atoms with Gasteiger partial charge in [-0.05, 0) is 125 Å². The zero-order valence-electron chi connectivity index (χ0n) is 37.1. The fourth-order valence-electron chi connectivity index (χ4n) is 7.76. The predicted molar refractivity (Wildman–Crippen MR) is 239 cm³/mol. The number of pyridine rings is 1. The second-order valence-corrected chi connectivity index (χ2v) is 17.3. The maximum atomic E-state index is 11.7. The molecule has 2 heterocycles. The Hall–Kier alpha value is -6.26. The van der Waals surface area contributed by atoms with Gasteiger partial charge in [-0.25, -0.2) is 4.98 Å². The molecule has 0 spiro atoms. The summed E-state index contributed by atoms with van der Waals surface area (Å²) in [6.45, 7) is 15.0. The number of fused-ring (bicyclic) bond motifs is 1. The Morgan fingerprint density at radius 2 is 1.28 bits per heavy atom. The van der Waals surface area contributed by atoms with Crippen molar-refractivity contribution in [1.82, 2.24) is 14.5 Å². The number of hydrogen-bond acceptors (Lipinski definition) is 3. The van der Waals surface area contributed by atoms with E-state index in [1.165, 1.54) is 5.56 Å². The van der Waals surface area contributed by atoms with Crippen molar-refractivity contribution in [2.45, 2.75) is 73.1 Å². The first-order valence-electron chi connectivity index (χ1n) is 21.1. The SMILES string of the molecule is [2H]C([2H])([2H])c1ccc(-n2c(-c3cc(C)cc(C)c3O)nc3c(-c4cc(-c5cc(-c6ccc(C(C)(C)C)cc6)ccn5)cc(C(C)(C)C)c4)cccc32)c(-c2ccccc2)c1. The highest BCUT2D eigenvalue weighted by Crippen LogP contribution is 2.43. The number of para-hydroxylation sites is 1. The van der Waals surface area contributed by atoms with E-state index in [4.69, 9.17) is 14.1 Å². The van der Waals surface area contributed by atoms with Crippen LogP contribution in [-0.2, 0) is 10.8 Å². The molecule has 0 aliphatic rings. The van der Waals surface area contributed by atoms with Crippen LogP contribution in [0.4, 0.5) is 0 Å². The Balaban J connectivity index is 1.38. The molecule has 0 amide bonds. The van der Waals surface area contributed by atoms with Gasteiger partial charge in [0, 0.05) is 27.0 Å². The molecule has 57 heavy (non-hydrogen) atoms. The van der Waals surface area contributed by atoms with Crippen LogP contribution in [-0.4, -0.2) is 19.6 Å². The fraction of sp³-hybridized carbons (Fsp3) is 0.208. The van der Waals surface area contributed by atoms with Crippen LogP contribution in [0.3, 0.4) is 0 Å². The number of aryl methyl sites for hydroxylation is 3. The average Bonchev–Trinajstić information content (AvgIpc) is 3.60. The molecule has 4 heteroatoms. The van der Waals surface area contributed by atoms with Crippen molar-refractivity contribution in [2.75, 3.05) is 0 Å². The first kappa shape index (κ1) is 34.0. The van der Waals surface area contributed by atoms with Gasteiger partial charge in [0.1, 0.15) is 11.6 Å². The number of phenols is 1. The minimum Gasteiger partial charge on any atom is -0.507 e. The molecule has 2 aromatic heterocycles. The highest BCUT2D eigenvalue weighted by Gasteiger charge is 2.24. The Kier molecular flexibility index (Phi) is 8.57. The molecule has 8 rings (SSSR count). The monoisotopic (exact) mass is 748 g/mol. The fourth-order valence-corrected chi connectivity index (χ4v) is 7.76. The third-order valence-corrected chi connectivity index (χ3v) is 10.9. The van der Waals surface area contributed by atoms with Crippen LogP contribution < -0.4 is 0 Å². The number of imidazole rings is 1. The molecule has 4 nitrogen and oxygen atoms in total. The summed E-state index contributed by atoms with van der Waals surface area (Å²) in [5.74, 6) is 0.703. The summed E-state index contributed by atoms with van der Waals surface area (Å²) in [5, 5.41) is 11.7. The summed E-state index contributed by atoms with van der Waals surface area (Å²) in [6.07, 6.45) is 1.89. The van der Waals surface area contributed by atoms with Gasteiger partial charge in [-0.1, -0.05) is 132 Å². The summed E-state index contributed by atoms with van der Waals surface area (Å²) in [6, 6.07) is 45.0. The summed E-state index contributed by atoms with van der Waals surface area (Å²) in [7, 11) is 0. The van der Waals surface area contributed by atoms with E-state index in [-0.39, 0.29) is 22.1 Å². The van der Waals surface area contributed by atoms with Gasteiger partial charge in [-0.2, -0.15) is 0 Å².